The summed E-state index contributed by atoms with van der Waals surface area (Å²) in [6.07, 6.45) is 1.34. The number of nitrogens with two attached hydrogens (primary N) is 1. The molecular weight excluding hydrogens is 997 g/mol. The number of nitrogens with zero attached hydrogens (tertiary/aromatic N) is 2. The van der Waals surface area contributed by atoms with Crippen LogP contribution in [0.3, 0.4) is 0 Å². The van der Waals surface area contributed by atoms with E-state index in [9.17, 15) is 95.9 Å². The fourth-order valence-corrected chi connectivity index (χ4v) is 7.51. The van der Waals surface area contributed by atoms with Gasteiger partial charge in [-0.2, -0.15) is 69.5 Å². The lowest BCUT2D eigenvalue weighted by atomic mass is 10.1. The summed E-state index contributed by atoms with van der Waals surface area (Å²) in [6, 6.07) is 0. The lowest BCUT2D eigenvalue weighted by Gasteiger charge is -2.24. The van der Waals surface area contributed by atoms with Gasteiger partial charge in [-0.15, -0.1) is 3.63 Å². The average molecular weight is 1050 g/mol. The first-order chi connectivity index (χ1) is 28.3. The minimum atomic E-state index is -6.85. The van der Waals surface area contributed by atoms with E-state index in [0.717, 1.165) is 26.1 Å². The number of rotatable bonds is 9. The van der Waals surface area contributed by atoms with E-state index in [1.165, 1.54) is 9.62 Å². The summed E-state index contributed by atoms with van der Waals surface area (Å²) >= 11 is 0. The number of hydrogen-bond acceptors (Lipinski definition) is 15. The number of amides is 2. The van der Waals surface area contributed by atoms with Crippen LogP contribution in [0.5, 0.6) is 0 Å². The molecule has 3 aliphatic rings. The van der Waals surface area contributed by atoms with E-state index in [0.29, 0.717) is 38.4 Å². The van der Waals surface area contributed by atoms with E-state index >= 15 is 0 Å². The largest absolute Gasteiger partial charge is 0.524 e. The van der Waals surface area contributed by atoms with Crippen LogP contribution in [-0.2, 0) is 53.4 Å². The maximum absolute atomic E-state index is 12.2. The Morgan fingerprint density at radius 1 is 0.578 bits per heavy atom. The molecule has 0 radical (unpaired) electrons. The molecule has 3 saturated heterocycles. The summed E-state index contributed by atoms with van der Waals surface area (Å²) in [7, 11) is -24.2. The third-order valence-electron chi connectivity index (χ3n) is 7.85. The van der Waals surface area contributed by atoms with E-state index in [-0.39, 0.29) is 37.6 Å². The maximum atomic E-state index is 12.2. The van der Waals surface area contributed by atoms with Gasteiger partial charge in [-0.1, -0.05) is 0 Å². The Balaban J connectivity index is 0.000000840. The van der Waals surface area contributed by atoms with E-state index in [1.54, 1.807) is 30.4 Å². The number of sulfonamides is 2. The van der Waals surface area contributed by atoms with Gasteiger partial charge in [0, 0.05) is 39.3 Å². The molecule has 2 amide bonds. The van der Waals surface area contributed by atoms with Gasteiger partial charge in [-0.05, 0) is 98.2 Å². The highest BCUT2D eigenvalue weighted by Crippen LogP contribution is 2.32. The summed E-state index contributed by atoms with van der Waals surface area (Å²) in [6.45, 7) is 14.2. The molecule has 19 nitrogen and oxygen atoms in total. The van der Waals surface area contributed by atoms with E-state index in [2.05, 4.69) is 5.32 Å². The Bertz CT molecular complexity index is 1920. The average Bonchev–Trinajstić information content (AvgIpc) is 3.86. The SMILES string of the molecule is CC(C)(C)OC(=O)N1CC[C@H](CN)C1.CC(C)(C)OC(=O)N1CC[C@H](CNS(=O)(=O)C(F)(F)F)C1.O=S(=O)(NC[C@H]1CCNC1)C(F)(F)F.O=S(=O)(OS(=O)(=O)C(F)(F)F)C(F)(F)F. The molecule has 35 heteroatoms. The summed E-state index contributed by atoms with van der Waals surface area (Å²) in [4.78, 5) is 26.4. The number of ether oxygens (including phenoxy) is 2. The number of halogens is 12. The Kier molecular flexibility index (Phi) is 21.9. The van der Waals surface area contributed by atoms with Gasteiger partial charge >= 0.3 is 74.5 Å². The topological polar surface area (TPSA) is 267 Å². The van der Waals surface area contributed by atoms with Gasteiger partial charge in [0.25, 0.3) is 0 Å². The highest BCUT2D eigenvalue weighted by molar-refractivity contribution is 8.00. The van der Waals surface area contributed by atoms with Gasteiger partial charge in [0.15, 0.2) is 0 Å². The molecule has 3 atom stereocenters. The van der Waals surface area contributed by atoms with Gasteiger partial charge in [-0.25, -0.2) is 35.9 Å². The van der Waals surface area contributed by atoms with Crippen LogP contribution in [-0.4, -0.2) is 148 Å². The van der Waals surface area contributed by atoms with Crippen LogP contribution in [0.2, 0.25) is 0 Å². The van der Waals surface area contributed by atoms with Crippen LogP contribution < -0.4 is 20.5 Å². The van der Waals surface area contributed by atoms with Crippen molar-refractivity contribution >= 4 is 52.5 Å². The van der Waals surface area contributed by atoms with Gasteiger partial charge in [0.05, 0.1) is 0 Å². The minimum Gasteiger partial charge on any atom is -0.444 e. The van der Waals surface area contributed by atoms with Crippen molar-refractivity contribution in [2.24, 2.45) is 23.5 Å². The highest BCUT2D eigenvalue weighted by Gasteiger charge is 2.57. The van der Waals surface area contributed by atoms with Crippen molar-refractivity contribution in [2.45, 2.75) is 94.0 Å². The second kappa shape index (κ2) is 22.9. The monoisotopic (exact) mass is 1050 g/mol. The van der Waals surface area contributed by atoms with Gasteiger partial charge in [-0.3, -0.25) is 0 Å². The zero-order valence-corrected chi connectivity index (χ0v) is 37.9. The normalized spacial score (nSPS) is 20.6. The van der Waals surface area contributed by atoms with E-state index < -0.39 is 79.6 Å². The van der Waals surface area contributed by atoms with Crippen molar-refractivity contribution in [1.29, 1.82) is 0 Å². The Morgan fingerprint density at radius 3 is 1.20 bits per heavy atom. The van der Waals surface area contributed by atoms with Crippen LogP contribution in [0, 0.1) is 17.8 Å². The first-order valence-corrected chi connectivity index (χ1v) is 23.9. The summed E-state index contributed by atoms with van der Waals surface area (Å²) in [5, 5.41) is 2.93. The van der Waals surface area contributed by atoms with Crippen molar-refractivity contribution < 1.29 is 109 Å². The number of alkyl halides is 12. The molecule has 0 unspecified atom stereocenters. The summed E-state index contributed by atoms with van der Waals surface area (Å²) < 4.78 is 238. The molecule has 0 aromatic rings. The minimum absolute atomic E-state index is 0.0490. The fourth-order valence-electron chi connectivity index (χ4n) is 4.71. The zero-order valence-electron chi connectivity index (χ0n) is 34.7. The van der Waals surface area contributed by atoms with Crippen molar-refractivity contribution in [1.82, 2.24) is 24.6 Å². The second-order valence-corrected chi connectivity index (χ2v) is 22.5. The molecule has 0 aliphatic carbocycles. The molecular formula is C29H50F12N6O13S4. The maximum Gasteiger partial charge on any atom is 0.524 e. The first kappa shape index (κ1) is 61.3. The number of carbonyl (C=O) groups is 2. The Hall–Kier alpha value is -2.70. The summed E-state index contributed by atoms with van der Waals surface area (Å²) in [5.74, 6) is 0.0317. The lowest BCUT2D eigenvalue weighted by molar-refractivity contribution is -0.0586. The third kappa shape index (κ3) is 21.7. The molecule has 0 spiro atoms. The molecule has 0 saturated carbocycles. The van der Waals surface area contributed by atoms with Crippen LogP contribution in [0.15, 0.2) is 0 Å². The van der Waals surface area contributed by atoms with Gasteiger partial charge in [0.2, 0.25) is 0 Å². The summed E-state index contributed by atoms with van der Waals surface area (Å²) in [5.41, 5.74) is -18.6. The van der Waals surface area contributed by atoms with Gasteiger partial charge < -0.3 is 30.3 Å². The molecule has 3 fully saturated rings. The van der Waals surface area contributed by atoms with E-state index in [1.807, 2.05) is 24.4 Å². The van der Waals surface area contributed by atoms with Crippen molar-refractivity contribution in [3.05, 3.63) is 0 Å². The standard InChI is InChI=1S/C11H19F3N2O4S.C10H20N2O2.C6H11F3N2O2S.C2F6O5S2/c1-10(2,3)20-9(17)16-5-4-8(7-16)6-15-21(18,19)11(12,13)14;1-10(2,3)14-9(13)12-5-4-8(6-11)7-12;7-6(8,9)14(12,13)11-4-5-1-2-10-3-5;3-1(4,5)14(9,10)13-15(11,12)2(6,7)8/h8,15H,4-7H2,1-3H3;8H,4-7,11H2,1-3H3;5,10-11H,1-4H2;/t2*8-;5-;/m110./s1. The third-order valence-corrected chi connectivity index (χ3v) is 12.7. The Morgan fingerprint density at radius 2 is 0.922 bits per heavy atom. The van der Waals surface area contributed by atoms with E-state index in [4.69, 9.17) is 15.2 Å². The number of likely N-dealkylation sites (tertiary alicyclic amines) is 2. The van der Waals surface area contributed by atoms with Crippen LogP contribution in [0.25, 0.3) is 0 Å². The highest BCUT2D eigenvalue weighted by atomic mass is 32.3. The van der Waals surface area contributed by atoms with Crippen LogP contribution in [0.1, 0.15) is 60.8 Å². The number of hydrogen-bond donors (Lipinski definition) is 4. The van der Waals surface area contributed by atoms with Crippen molar-refractivity contribution in [3.8, 4) is 0 Å². The van der Waals surface area contributed by atoms with Crippen molar-refractivity contribution in [2.75, 3.05) is 58.9 Å². The van der Waals surface area contributed by atoms with Crippen molar-refractivity contribution in [3.63, 3.8) is 0 Å². The molecule has 0 aromatic carbocycles. The van der Waals surface area contributed by atoms with Crippen LogP contribution in [0.4, 0.5) is 62.3 Å². The molecule has 64 heavy (non-hydrogen) atoms. The zero-order chi connectivity index (χ0) is 50.8. The van der Waals surface area contributed by atoms with Gasteiger partial charge in [0.1, 0.15) is 11.2 Å². The number of nitrogens with one attached hydrogen (secondary N) is 3. The quantitative estimate of drug-likeness (QED) is 0.190. The van der Waals surface area contributed by atoms with Crippen LogP contribution >= 0.6 is 0 Å². The predicted molar refractivity (Wildman–Crippen MR) is 199 cm³/mol. The molecule has 0 aromatic heterocycles. The molecule has 3 aliphatic heterocycles. The first-order valence-electron chi connectivity index (χ1n) is 18.1. The smallest absolute Gasteiger partial charge is 0.444 e. The second-order valence-electron chi connectivity index (χ2n) is 15.7. The lowest BCUT2D eigenvalue weighted by Crippen LogP contribution is -2.40. The Labute approximate surface area is 361 Å². The molecule has 5 N–H and O–H groups in total. The number of carbonyl (C=O) groups excluding carboxylic acids is 2. The molecule has 3 rings (SSSR count). The molecule has 382 valence electrons. The molecule has 3 heterocycles. The fraction of sp³-hybridized carbons (Fsp3) is 0.931. The predicted octanol–water partition coefficient (Wildman–Crippen LogP) is 3.62. The molecule has 0 bridgehead atoms.